The van der Waals surface area contributed by atoms with E-state index in [9.17, 15) is 14.4 Å². The van der Waals surface area contributed by atoms with E-state index in [0.29, 0.717) is 0 Å². The molecule has 0 fully saturated rings. The molecule has 0 rings (SSSR count). The fourth-order valence-corrected chi connectivity index (χ4v) is 0.714. The maximum absolute atomic E-state index is 10.3. The Morgan fingerprint density at radius 3 is 1.10 bits per heavy atom. The number of carbonyl (C=O) groups is 4. The van der Waals surface area contributed by atoms with Crippen LogP contribution in [0.15, 0.2) is 0 Å². The molecule has 0 bridgehead atoms. The van der Waals surface area contributed by atoms with Crippen LogP contribution in [0.5, 0.6) is 0 Å². The van der Waals surface area contributed by atoms with Crippen LogP contribution in [0.25, 0.3) is 0 Å². The molecule has 0 radical (unpaired) electrons. The van der Waals surface area contributed by atoms with E-state index in [0.717, 1.165) is 0 Å². The van der Waals surface area contributed by atoms with Gasteiger partial charge in [0.25, 0.3) is 0 Å². The molecule has 0 aromatic heterocycles. The van der Waals surface area contributed by atoms with Crippen molar-refractivity contribution >= 4 is 83.0 Å². The fourth-order valence-electron chi connectivity index (χ4n) is 0.714. The van der Waals surface area contributed by atoms with Crippen molar-refractivity contribution in [2.24, 2.45) is 0 Å². The molecule has 20 heavy (non-hydrogen) atoms. The van der Waals surface area contributed by atoms with Crippen molar-refractivity contribution in [2.45, 2.75) is 18.4 Å². The van der Waals surface area contributed by atoms with Gasteiger partial charge in [-0.2, -0.15) is 0 Å². The molecule has 0 aromatic carbocycles. The zero-order valence-corrected chi connectivity index (χ0v) is 8.94. The molecule has 0 amide bonds. The summed E-state index contributed by atoms with van der Waals surface area (Å²) in [6, 6.07) is 0. The van der Waals surface area contributed by atoms with Gasteiger partial charge < -0.3 is 30.6 Å². The third-order valence-electron chi connectivity index (χ3n) is 1.42. The maximum atomic E-state index is 10.3. The summed E-state index contributed by atoms with van der Waals surface area (Å²) in [5.41, 5.74) is -2.74. The minimum absolute atomic E-state index is 0. The average Bonchev–Trinajstić information content (AvgIpc) is 2.15. The number of rotatable bonds is 6. The van der Waals surface area contributed by atoms with Gasteiger partial charge in [0.15, 0.2) is 5.60 Å². The number of aliphatic carboxylic acids is 4. The van der Waals surface area contributed by atoms with E-state index in [1.54, 1.807) is 0 Å². The summed E-state index contributed by atoms with van der Waals surface area (Å²) in [4.78, 5) is 39.6. The SMILES string of the molecule is O=C(O)CC(O)(CC(=O)O)C(=O)O.O=C(O)CO.[NaH].[NaH]. The molecule has 0 aliphatic carbocycles. The van der Waals surface area contributed by atoms with Crippen LogP contribution in [0, 0.1) is 0 Å². The zero-order valence-electron chi connectivity index (χ0n) is 8.94. The molecule has 108 valence electrons. The van der Waals surface area contributed by atoms with E-state index in [1.807, 2.05) is 0 Å². The Bertz CT molecular complexity index is 326. The molecular weight excluding hydrogens is 302 g/mol. The molecule has 0 unspecified atom stereocenters. The van der Waals surface area contributed by atoms with Crippen molar-refractivity contribution in [1.82, 2.24) is 0 Å². The Morgan fingerprint density at radius 2 is 1.00 bits per heavy atom. The van der Waals surface area contributed by atoms with Crippen LogP contribution in [-0.4, -0.2) is 126 Å². The first kappa shape index (κ1) is 28.0. The molecule has 12 heteroatoms. The first-order valence-electron chi connectivity index (χ1n) is 4.27. The Morgan fingerprint density at radius 1 is 0.750 bits per heavy atom. The van der Waals surface area contributed by atoms with Crippen LogP contribution in [-0.2, 0) is 19.2 Å². The van der Waals surface area contributed by atoms with Crippen LogP contribution in [0.3, 0.4) is 0 Å². The Hall–Kier alpha value is -0.200. The van der Waals surface area contributed by atoms with Gasteiger partial charge in [0.1, 0.15) is 6.61 Å². The van der Waals surface area contributed by atoms with Crippen LogP contribution in [0.2, 0.25) is 0 Å². The number of carboxylic acid groups (broad SMARTS) is 4. The third kappa shape index (κ3) is 15.9. The van der Waals surface area contributed by atoms with Gasteiger partial charge in [-0.05, 0) is 0 Å². The Balaban J connectivity index is -0.000000158. The first-order chi connectivity index (χ1) is 8.05. The van der Waals surface area contributed by atoms with E-state index in [4.69, 9.17) is 35.4 Å². The van der Waals surface area contributed by atoms with E-state index in [1.165, 1.54) is 0 Å². The number of aliphatic hydroxyl groups excluding tert-OH is 1. The van der Waals surface area contributed by atoms with E-state index < -0.39 is 48.9 Å². The molecule has 0 aliphatic heterocycles. The van der Waals surface area contributed by atoms with Gasteiger partial charge in [-0.15, -0.1) is 0 Å². The van der Waals surface area contributed by atoms with Crippen molar-refractivity contribution in [3.8, 4) is 0 Å². The summed E-state index contributed by atoms with van der Waals surface area (Å²) >= 11 is 0. The van der Waals surface area contributed by atoms with Gasteiger partial charge in [0.05, 0.1) is 12.8 Å². The van der Waals surface area contributed by atoms with Crippen molar-refractivity contribution in [2.75, 3.05) is 6.61 Å². The molecule has 0 heterocycles. The van der Waals surface area contributed by atoms with E-state index >= 15 is 0 Å². The van der Waals surface area contributed by atoms with Crippen molar-refractivity contribution in [1.29, 1.82) is 0 Å². The van der Waals surface area contributed by atoms with Crippen LogP contribution in [0.4, 0.5) is 0 Å². The first-order valence-corrected chi connectivity index (χ1v) is 4.27. The van der Waals surface area contributed by atoms with Crippen LogP contribution >= 0.6 is 0 Å². The summed E-state index contributed by atoms with van der Waals surface area (Å²) in [5.74, 6) is -6.21. The van der Waals surface area contributed by atoms with Gasteiger partial charge in [-0.1, -0.05) is 0 Å². The minimum atomic E-state index is -2.74. The van der Waals surface area contributed by atoms with E-state index in [-0.39, 0.29) is 59.1 Å². The van der Waals surface area contributed by atoms with Crippen LogP contribution < -0.4 is 0 Å². The normalized spacial score (nSPS) is 8.90. The predicted molar refractivity (Wildman–Crippen MR) is 66.1 cm³/mol. The number of carboxylic acids is 4. The second kappa shape index (κ2) is 13.8. The van der Waals surface area contributed by atoms with Crippen molar-refractivity contribution < 1.29 is 49.8 Å². The topological polar surface area (TPSA) is 190 Å². The monoisotopic (exact) mass is 316 g/mol. The summed E-state index contributed by atoms with van der Waals surface area (Å²) in [6.07, 6.45) is -2.29. The van der Waals surface area contributed by atoms with Crippen molar-refractivity contribution in [3.63, 3.8) is 0 Å². The molecule has 0 aliphatic rings. The molecule has 10 nitrogen and oxygen atoms in total. The summed E-state index contributed by atoms with van der Waals surface area (Å²) in [5, 5.41) is 48.8. The number of hydrogen-bond acceptors (Lipinski definition) is 6. The van der Waals surface area contributed by atoms with Gasteiger partial charge in [0.2, 0.25) is 0 Å². The van der Waals surface area contributed by atoms with Gasteiger partial charge in [-0.25, -0.2) is 9.59 Å². The van der Waals surface area contributed by atoms with Gasteiger partial charge >= 0.3 is 83.0 Å². The third-order valence-corrected chi connectivity index (χ3v) is 1.42. The van der Waals surface area contributed by atoms with E-state index in [2.05, 4.69) is 0 Å². The van der Waals surface area contributed by atoms with Gasteiger partial charge in [0, 0.05) is 0 Å². The second-order valence-electron chi connectivity index (χ2n) is 3.03. The molecule has 0 aromatic rings. The molecule has 0 saturated heterocycles. The summed E-state index contributed by atoms with van der Waals surface area (Å²) in [7, 11) is 0. The molecule has 0 spiro atoms. The van der Waals surface area contributed by atoms with Crippen molar-refractivity contribution in [3.05, 3.63) is 0 Å². The fraction of sp³-hybridized carbons (Fsp3) is 0.500. The Kier molecular flexibility index (Phi) is 19.3. The summed E-state index contributed by atoms with van der Waals surface area (Å²) < 4.78 is 0. The van der Waals surface area contributed by atoms with Crippen LogP contribution in [0.1, 0.15) is 12.8 Å². The number of hydrogen-bond donors (Lipinski definition) is 6. The standard InChI is InChI=1S/C6H8O7.C2H4O3.2Na.2H/c7-3(8)1-6(13,5(11)12)2-4(9)10;3-1-2(4)5;;;;/h13H,1-2H2,(H,7,8)(H,9,10)(H,11,12);3H,1H2,(H,4,5);;;;. The average molecular weight is 316 g/mol. The molecule has 0 saturated carbocycles. The number of aliphatic hydroxyl groups is 2. The second-order valence-corrected chi connectivity index (χ2v) is 3.03. The molecule has 6 N–H and O–H groups in total. The molecule has 0 atom stereocenters. The molecular formula is C8H14Na2O10. The predicted octanol–water partition coefficient (Wildman–Crippen LogP) is -3.48. The Labute approximate surface area is 157 Å². The summed E-state index contributed by atoms with van der Waals surface area (Å²) in [6.45, 7) is -0.778. The zero-order chi connectivity index (χ0) is 14.9. The quantitative estimate of drug-likeness (QED) is 0.268. The van der Waals surface area contributed by atoms with Gasteiger partial charge in [-0.3, -0.25) is 9.59 Å².